The highest BCUT2D eigenvalue weighted by molar-refractivity contribution is 5.68. The summed E-state index contributed by atoms with van der Waals surface area (Å²) >= 11 is 0. The summed E-state index contributed by atoms with van der Waals surface area (Å²) in [5.74, 6) is 0.127. The molecule has 0 amide bonds. The van der Waals surface area contributed by atoms with Gasteiger partial charge in [0.15, 0.2) is 12.6 Å². The molecule has 7 heteroatoms. The van der Waals surface area contributed by atoms with Gasteiger partial charge in [-0.05, 0) is 69.6 Å². The third-order valence-corrected chi connectivity index (χ3v) is 8.75. The Morgan fingerprint density at radius 3 is 2.38 bits per heavy atom. The summed E-state index contributed by atoms with van der Waals surface area (Å²) in [7, 11) is 1.43. The van der Waals surface area contributed by atoms with Crippen LogP contribution in [0.25, 0.3) is 0 Å². The van der Waals surface area contributed by atoms with Gasteiger partial charge in [0.2, 0.25) is 0 Å². The fourth-order valence-electron chi connectivity index (χ4n) is 6.27. The first-order valence-electron chi connectivity index (χ1n) is 15.9. The van der Waals surface area contributed by atoms with Crippen molar-refractivity contribution in [2.75, 3.05) is 20.3 Å². The van der Waals surface area contributed by atoms with E-state index in [1.807, 2.05) is 0 Å². The fourth-order valence-corrected chi connectivity index (χ4v) is 6.27. The molecular formula is C32H55FO6. The van der Waals surface area contributed by atoms with E-state index < -0.39 is 6.17 Å². The molecule has 0 spiro atoms. The Balaban J connectivity index is 1.66. The SMILES string of the molecule is CCCCC(C)[C@H](/C=C/[C@@H]1[C@@H](CCCCCCC(=O)OC)[C@H](F)C[C@H]1OC1CCCCO1)OC1CCCCO1. The Morgan fingerprint density at radius 2 is 1.72 bits per heavy atom. The smallest absolute Gasteiger partial charge is 0.305 e. The monoisotopic (exact) mass is 554 g/mol. The van der Waals surface area contributed by atoms with Crippen LogP contribution in [0.1, 0.15) is 117 Å². The molecule has 0 aromatic carbocycles. The van der Waals surface area contributed by atoms with Crippen LogP contribution in [0.2, 0.25) is 0 Å². The van der Waals surface area contributed by atoms with Crippen LogP contribution in [-0.2, 0) is 28.5 Å². The average molecular weight is 555 g/mol. The lowest BCUT2D eigenvalue weighted by atomic mass is 9.87. The number of rotatable bonds is 17. The lowest BCUT2D eigenvalue weighted by Crippen LogP contribution is -2.32. The summed E-state index contributed by atoms with van der Waals surface area (Å²) in [6.07, 6.45) is 18.0. The molecule has 2 saturated heterocycles. The van der Waals surface area contributed by atoms with Gasteiger partial charge in [0.1, 0.15) is 6.17 Å². The molecule has 226 valence electrons. The number of ether oxygens (including phenoxy) is 5. The minimum Gasteiger partial charge on any atom is -0.469 e. The maximum Gasteiger partial charge on any atom is 0.305 e. The molecular weight excluding hydrogens is 499 g/mol. The zero-order valence-electron chi connectivity index (χ0n) is 24.8. The zero-order chi connectivity index (χ0) is 27.9. The normalized spacial score (nSPS) is 31.4. The first kappa shape index (κ1) is 32.5. The van der Waals surface area contributed by atoms with Crippen LogP contribution >= 0.6 is 0 Å². The minimum atomic E-state index is -0.887. The Hall–Kier alpha value is -1.02. The van der Waals surface area contributed by atoms with Crippen molar-refractivity contribution in [2.45, 2.75) is 148 Å². The highest BCUT2D eigenvalue weighted by atomic mass is 19.1. The van der Waals surface area contributed by atoms with Gasteiger partial charge in [-0.1, -0.05) is 58.1 Å². The summed E-state index contributed by atoms with van der Waals surface area (Å²) < 4.78 is 45.0. The first-order valence-corrected chi connectivity index (χ1v) is 15.9. The molecule has 0 N–H and O–H groups in total. The largest absolute Gasteiger partial charge is 0.469 e. The van der Waals surface area contributed by atoms with Gasteiger partial charge in [0, 0.05) is 32.0 Å². The number of methoxy groups -OCH3 is 1. The second-order valence-electron chi connectivity index (χ2n) is 11.9. The molecule has 3 unspecified atom stereocenters. The van der Waals surface area contributed by atoms with Crippen LogP contribution < -0.4 is 0 Å². The predicted molar refractivity (Wildman–Crippen MR) is 151 cm³/mol. The molecule has 3 aliphatic rings. The molecule has 3 rings (SSSR count). The van der Waals surface area contributed by atoms with Gasteiger partial charge in [-0.25, -0.2) is 4.39 Å². The van der Waals surface area contributed by atoms with Crippen molar-refractivity contribution >= 4 is 5.97 Å². The van der Waals surface area contributed by atoms with Gasteiger partial charge in [0.25, 0.3) is 0 Å². The molecule has 1 saturated carbocycles. The maximum atomic E-state index is 15.5. The maximum absolute atomic E-state index is 15.5. The summed E-state index contributed by atoms with van der Waals surface area (Å²) in [6, 6.07) is 0. The molecule has 1 aliphatic carbocycles. The molecule has 0 bridgehead atoms. The molecule has 2 heterocycles. The number of alkyl halides is 1. The molecule has 8 atom stereocenters. The van der Waals surface area contributed by atoms with Crippen molar-refractivity contribution in [2.24, 2.45) is 17.8 Å². The number of hydrogen-bond acceptors (Lipinski definition) is 6. The van der Waals surface area contributed by atoms with E-state index in [0.29, 0.717) is 18.8 Å². The zero-order valence-corrected chi connectivity index (χ0v) is 24.8. The summed E-state index contributed by atoms with van der Waals surface area (Å²) in [5.41, 5.74) is 0. The van der Waals surface area contributed by atoms with E-state index in [-0.39, 0.29) is 42.6 Å². The van der Waals surface area contributed by atoms with Crippen molar-refractivity contribution in [1.82, 2.24) is 0 Å². The summed E-state index contributed by atoms with van der Waals surface area (Å²) in [4.78, 5) is 11.4. The number of esters is 1. The van der Waals surface area contributed by atoms with E-state index in [1.165, 1.54) is 13.5 Å². The lowest BCUT2D eigenvalue weighted by Gasteiger charge is -2.31. The van der Waals surface area contributed by atoms with E-state index in [4.69, 9.17) is 23.7 Å². The topological polar surface area (TPSA) is 63.2 Å². The second kappa shape index (κ2) is 18.4. The summed E-state index contributed by atoms with van der Waals surface area (Å²) in [5, 5.41) is 0. The van der Waals surface area contributed by atoms with Crippen molar-refractivity contribution < 1.29 is 32.9 Å². The molecule has 0 radical (unpaired) electrons. The quantitative estimate of drug-likeness (QED) is 0.104. The Morgan fingerprint density at radius 1 is 1.00 bits per heavy atom. The van der Waals surface area contributed by atoms with Crippen LogP contribution in [0.5, 0.6) is 0 Å². The van der Waals surface area contributed by atoms with Crippen LogP contribution in [0.4, 0.5) is 4.39 Å². The molecule has 2 aliphatic heterocycles. The number of carbonyl (C=O) groups is 1. The van der Waals surface area contributed by atoms with Crippen LogP contribution in [-0.4, -0.2) is 57.3 Å². The molecule has 0 aromatic rings. The minimum absolute atomic E-state index is 0.00246. The van der Waals surface area contributed by atoms with Crippen molar-refractivity contribution in [3.63, 3.8) is 0 Å². The van der Waals surface area contributed by atoms with E-state index in [0.717, 1.165) is 96.7 Å². The van der Waals surface area contributed by atoms with Gasteiger partial charge in [-0.2, -0.15) is 0 Å². The van der Waals surface area contributed by atoms with Crippen LogP contribution in [0.3, 0.4) is 0 Å². The number of unbranched alkanes of at least 4 members (excludes halogenated alkanes) is 4. The van der Waals surface area contributed by atoms with Crippen molar-refractivity contribution in [1.29, 1.82) is 0 Å². The third-order valence-electron chi connectivity index (χ3n) is 8.75. The third kappa shape index (κ3) is 11.4. The van der Waals surface area contributed by atoms with Crippen LogP contribution in [0.15, 0.2) is 12.2 Å². The number of halogens is 1. The van der Waals surface area contributed by atoms with E-state index in [9.17, 15) is 4.79 Å². The van der Waals surface area contributed by atoms with Crippen molar-refractivity contribution in [3.05, 3.63) is 12.2 Å². The van der Waals surface area contributed by atoms with Crippen molar-refractivity contribution in [3.8, 4) is 0 Å². The standard InChI is InChI=1S/C32H55FO6/c1-4-5-14-24(2)28(38-31-17-10-12-21-36-31)20-19-26-25(15-8-6-7-9-16-30(34)35-3)27(33)23-29(26)39-32-18-11-13-22-37-32/h19-20,24-29,31-32H,4-18,21-23H2,1-3H3/b20-19+/t24?,25-,26-,27-,28+,29-,31?,32?/m1/s1. The Labute approximate surface area is 236 Å². The van der Waals surface area contributed by atoms with Gasteiger partial charge in [-0.15, -0.1) is 0 Å². The Bertz CT molecular complexity index is 690. The second-order valence-corrected chi connectivity index (χ2v) is 11.9. The van der Waals surface area contributed by atoms with Gasteiger partial charge in [-0.3, -0.25) is 4.79 Å². The molecule has 39 heavy (non-hydrogen) atoms. The van der Waals surface area contributed by atoms with Gasteiger partial charge < -0.3 is 23.7 Å². The predicted octanol–water partition coefficient (Wildman–Crippen LogP) is 7.68. The van der Waals surface area contributed by atoms with Gasteiger partial charge in [0.05, 0.1) is 19.3 Å². The average Bonchev–Trinajstić information content (AvgIpc) is 3.25. The summed E-state index contributed by atoms with van der Waals surface area (Å²) in [6.45, 7) is 5.96. The van der Waals surface area contributed by atoms with Gasteiger partial charge >= 0.3 is 5.97 Å². The fraction of sp³-hybridized carbons (Fsp3) is 0.906. The molecule has 6 nitrogen and oxygen atoms in total. The number of carbonyl (C=O) groups excluding carboxylic acids is 1. The van der Waals surface area contributed by atoms with Crippen LogP contribution in [0, 0.1) is 17.8 Å². The first-order chi connectivity index (χ1) is 19.0. The van der Waals surface area contributed by atoms with E-state index in [1.54, 1.807) is 0 Å². The lowest BCUT2D eigenvalue weighted by molar-refractivity contribution is -0.193. The van der Waals surface area contributed by atoms with E-state index >= 15 is 4.39 Å². The highest BCUT2D eigenvalue weighted by Gasteiger charge is 2.44. The molecule has 3 fully saturated rings. The Kier molecular flexibility index (Phi) is 15.3. The number of hydrogen-bond donors (Lipinski definition) is 0. The van der Waals surface area contributed by atoms with E-state index in [2.05, 4.69) is 26.0 Å². The molecule has 0 aromatic heterocycles. The highest BCUT2D eigenvalue weighted by Crippen LogP contribution is 2.42.